The van der Waals surface area contributed by atoms with Crippen molar-refractivity contribution in [2.45, 2.75) is 12.8 Å². The van der Waals surface area contributed by atoms with E-state index >= 15 is 0 Å². The molecule has 0 radical (unpaired) electrons. The monoisotopic (exact) mass is 370 g/mol. The lowest BCUT2D eigenvalue weighted by atomic mass is 10.0. The first-order chi connectivity index (χ1) is 13.0. The molecule has 0 atom stereocenters. The Kier molecular flexibility index (Phi) is 5.44. The number of anilines is 1. The number of nitrogens with one attached hydrogen (secondary N) is 1. The van der Waals surface area contributed by atoms with Crippen LogP contribution in [0.3, 0.4) is 0 Å². The van der Waals surface area contributed by atoms with Crippen LogP contribution in [-0.2, 0) is 23.1 Å². The van der Waals surface area contributed by atoms with Gasteiger partial charge in [0.25, 0.3) is 0 Å². The molecule has 0 aliphatic carbocycles. The maximum atomic E-state index is 12.6. The summed E-state index contributed by atoms with van der Waals surface area (Å²) < 4.78 is 12.2. The highest BCUT2D eigenvalue weighted by atomic mass is 16.5. The molecule has 27 heavy (non-hydrogen) atoms. The number of amides is 2. The second-order valence-corrected chi connectivity index (χ2v) is 6.19. The standard InChI is InChI=1S/C19H22N4O4/c1-22-12-15(11-20-22)21-18(24)5-7-23-6-4-13-8-16(26-2)17(27-3)9-14(13)10-19(23)25/h4,6,8-9,11-12H,5,7,10H2,1-3H3,(H,21,24). The number of carbonyl (C=O) groups excluding carboxylic acids is 2. The van der Waals surface area contributed by atoms with Crippen LogP contribution in [0.4, 0.5) is 5.69 Å². The van der Waals surface area contributed by atoms with E-state index in [2.05, 4.69) is 10.4 Å². The second kappa shape index (κ2) is 7.94. The van der Waals surface area contributed by atoms with Crippen LogP contribution in [0.2, 0.25) is 0 Å². The molecule has 2 aromatic rings. The lowest BCUT2D eigenvalue weighted by molar-refractivity contribution is -0.128. The molecule has 1 aromatic carbocycles. The smallest absolute Gasteiger partial charge is 0.230 e. The fraction of sp³-hybridized carbons (Fsp3) is 0.316. The van der Waals surface area contributed by atoms with E-state index in [1.807, 2.05) is 18.2 Å². The van der Waals surface area contributed by atoms with Crippen molar-refractivity contribution in [3.63, 3.8) is 0 Å². The van der Waals surface area contributed by atoms with Gasteiger partial charge in [-0.1, -0.05) is 0 Å². The van der Waals surface area contributed by atoms with E-state index in [1.54, 1.807) is 49.4 Å². The minimum atomic E-state index is -0.172. The number of rotatable bonds is 6. The molecule has 2 amide bonds. The summed E-state index contributed by atoms with van der Waals surface area (Å²) in [6.07, 6.45) is 7.26. The third-order valence-corrected chi connectivity index (χ3v) is 4.31. The lowest BCUT2D eigenvalue weighted by Gasteiger charge is -2.16. The zero-order chi connectivity index (χ0) is 19.4. The Bertz CT molecular complexity index is 888. The van der Waals surface area contributed by atoms with Gasteiger partial charge in [-0.05, 0) is 29.3 Å². The maximum absolute atomic E-state index is 12.6. The van der Waals surface area contributed by atoms with Crippen molar-refractivity contribution in [3.05, 3.63) is 41.9 Å². The lowest BCUT2D eigenvalue weighted by Crippen LogP contribution is -2.29. The van der Waals surface area contributed by atoms with Crippen LogP contribution in [0.25, 0.3) is 6.08 Å². The van der Waals surface area contributed by atoms with Crippen LogP contribution in [-0.4, -0.2) is 47.3 Å². The summed E-state index contributed by atoms with van der Waals surface area (Å²) in [5, 5.41) is 6.76. The van der Waals surface area contributed by atoms with Crippen LogP contribution >= 0.6 is 0 Å². The number of carbonyl (C=O) groups is 2. The Balaban J connectivity index is 1.66. The van der Waals surface area contributed by atoms with Crippen molar-refractivity contribution in [2.75, 3.05) is 26.1 Å². The van der Waals surface area contributed by atoms with Gasteiger partial charge in [0.2, 0.25) is 11.8 Å². The number of aryl methyl sites for hydroxylation is 1. The van der Waals surface area contributed by atoms with Gasteiger partial charge in [-0.2, -0.15) is 5.10 Å². The third kappa shape index (κ3) is 4.28. The molecule has 0 saturated carbocycles. The average Bonchev–Trinajstić information content (AvgIpc) is 2.98. The van der Waals surface area contributed by atoms with E-state index in [4.69, 9.17) is 9.47 Å². The molecule has 0 fully saturated rings. The number of methoxy groups -OCH3 is 2. The maximum Gasteiger partial charge on any atom is 0.230 e. The number of nitrogens with zero attached hydrogens (tertiary/aromatic N) is 3. The Morgan fingerprint density at radius 2 is 2.00 bits per heavy atom. The van der Waals surface area contributed by atoms with Crippen LogP contribution in [0, 0.1) is 0 Å². The largest absolute Gasteiger partial charge is 0.493 e. The van der Waals surface area contributed by atoms with Gasteiger partial charge >= 0.3 is 0 Å². The molecular weight excluding hydrogens is 348 g/mol. The number of hydrogen-bond donors (Lipinski definition) is 1. The molecule has 142 valence electrons. The van der Waals surface area contributed by atoms with Gasteiger partial charge in [0, 0.05) is 32.4 Å². The first-order valence-electron chi connectivity index (χ1n) is 8.51. The predicted octanol–water partition coefficient (Wildman–Crippen LogP) is 1.82. The van der Waals surface area contributed by atoms with Crippen LogP contribution in [0.1, 0.15) is 17.5 Å². The first-order valence-corrected chi connectivity index (χ1v) is 8.51. The van der Waals surface area contributed by atoms with E-state index in [9.17, 15) is 9.59 Å². The van der Waals surface area contributed by atoms with Gasteiger partial charge in [-0.15, -0.1) is 0 Å². The predicted molar refractivity (Wildman–Crippen MR) is 100 cm³/mol. The number of fused-ring (bicyclic) bond motifs is 1. The molecule has 1 aliphatic rings. The van der Waals surface area contributed by atoms with Crippen molar-refractivity contribution >= 4 is 23.6 Å². The highest BCUT2D eigenvalue weighted by Crippen LogP contribution is 2.32. The van der Waals surface area contributed by atoms with Crippen molar-refractivity contribution < 1.29 is 19.1 Å². The molecule has 0 unspecified atom stereocenters. The van der Waals surface area contributed by atoms with E-state index in [-0.39, 0.29) is 24.7 Å². The molecule has 8 nitrogen and oxygen atoms in total. The summed E-state index contributed by atoms with van der Waals surface area (Å²) in [4.78, 5) is 26.2. The highest BCUT2D eigenvalue weighted by Gasteiger charge is 2.20. The Morgan fingerprint density at radius 3 is 2.67 bits per heavy atom. The molecule has 0 bridgehead atoms. The van der Waals surface area contributed by atoms with E-state index < -0.39 is 0 Å². The van der Waals surface area contributed by atoms with Gasteiger partial charge in [-0.3, -0.25) is 14.3 Å². The second-order valence-electron chi connectivity index (χ2n) is 6.19. The zero-order valence-electron chi connectivity index (χ0n) is 15.6. The topological polar surface area (TPSA) is 85.7 Å². The van der Waals surface area contributed by atoms with Gasteiger partial charge in [0.05, 0.1) is 32.5 Å². The van der Waals surface area contributed by atoms with E-state index in [0.717, 1.165) is 11.1 Å². The summed E-state index contributed by atoms with van der Waals surface area (Å²) in [5.74, 6) is 0.945. The van der Waals surface area contributed by atoms with Crippen molar-refractivity contribution in [1.29, 1.82) is 0 Å². The van der Waals surface area contributed by atoms with Crippen LogP contribution in [0.5, 0.6) is 11.5 Å². The molecule has 8 heteroatoms. The van der Waals surface area contributed by atoms with Crippen LogP contribution in [0.15, 0.2) is 30.7 Å². The minimum absolute atomic E-state index is 0.0774. The molecule has 1 aliphatic heterocycles. The molecule has 3 rings (SSSR count). The molecule has 0 spiro atoms. The van der Waals surface area contributed by atoms with Crippen molar-refractivity contribution in [2.24, 2.45) is 7.05 Å². The Labute approximate surface area is 157 Å². The average molecular weight is 370 g/mol. The molecule has 1 aromatic heterocycles. The van der Waals surface area contributed by atoms with Crippen molar-refractivity contribution in [3.8, 4) is 11.5 Å². The summed E-state index contributed by atoms with van der Waals surface area (Å²) in [7, 11) is 4.91. The molecule has 1 N–H and O–H groups in total. The molecule has 0 saturated heterocycles. The van der Waals surface area contributed by atoms with E-state index in [0.29, 0.717) is 23.7 Å². The fourth-order valence-corrected chi connectivity index (χ4v) is 2.89. The minimum Gasteiger partial charge on any atom is -0.493 e. The normalized spacial score (nSPS) is 13.1. The van der Waals surface area contributed by atoms with Crippen LogP contribution < -0.4 is 14.8 Å². The SMILES string of the molecule is COc1cc2c(cc1OC)CC(=O)N(CCC(=O)Nc1cnn(C)c1)C=C2. The number of aromatic nitrogens is 2. The van der Waals surface area contributed by atoms with Gasteiger partial charge in [0.15, 0.2) is 11.5 Å². The van der Waals surface area contributed by atoms with Crippen molar-refractivity contribution in [1.82, 2.24) is 14.7 Å². The zero-order valence-corrected chi connectivity index (χ0v) is 15.6. The number of hydrogen-bond acceptors (Lipinski definition) is 5. The summed E-state index contributed by atoms with van der Waals surface area (Å²) in [5.41, 5.74) is 2.38. The summed E-state index contributed by atoms with van der Waals surface area (Å²) in [6, 6.07) is 3.66. The first kappa shape index (κ1) is 18.5. The molecule has 2 heterocycles. The van der Waals surface area contributed by atoms with Gasteiger partial charge < -0.3 is 19.7 Å². The number of ether oxygens (including phenoxy) is 2. The summed E-state index contributed by atoms with van der Waals surface area (Å²) in [6.45, 7) is 0.295. The quantitative estimate of drug-likeness (QED) is 0.838. The third-order valence-electron chi connectivity index (χ3n) is 4.31. The number of benzene rings is 1. The highest BCUT2D eigenvalue weighted by molar-refractivity contribution is 5.91. The Hall–Kier alpha value is -3.29. The van der Waals surface area contributed by atoms with Gasteiger partial charge in [-0.25, -0.2) is 0 Å². The fourth-order valence-electron chi connectivity index (χ4n) is 2.89. The Morgan fingerprint density at radius 1 is 1.26 bits per heavy atom. The van der Waals surface area contributed by atoms with E-state index in [1.165, 1.54) is 0 Å². The van der Waals surface area contributed by atoms with Gasteiger partial charge in [0.1, 0.15) is 0 Å². The molecular formula is C19H22N4O4. The summed E-state index contributed by atoms with van der Waals surface area (Å²) >= 11 is 0.